The largest absolute Gasteiger partial charge is 0.494 e. The van der Waals surface area contributed by atoms with Gasteiger partial charge in [-0.25, -0.2) is 0 Å². The highest BCUT2D eigenvalue weighted by Gasteiger charge is 2.09. The van der Waals surface area contributed by atoms with Crippen molar-refractivity contribution in [3.05, 3.63) is 65.2 Å². The van der Waals surface area contributed by atoms with Crippen molar-refractivity contribution in [2.24, 2.45) is 4.99 Å². The van der Waals surface area contributed by atoms with Gasteiger partial charge < -0.3 is 19.9 Å². The number of benzene rings is 2. The van der Waals surface area contributed by atoms with Gasteiger partial charge in [-0.05, 0) is 48.7 Å². The number of guanidine groups is 1. The molecule has 6 nitrogen and oxygen atoms in total. The fourth-order valence-corrected chi connectivity index (χ4v) is 3.03. The van der Waals surface area contributed by atoms with E-state index in [9.17, 15) is 4.79 Å². The van der Waals surface area contributed by atoms with Crippen molar-refractivity contribution in [2.45, 2.75) is 19.9 Å². The molecule has 0 spiro atoms. The van der Waals surface area contributed by atoms with E-state index in [-0.39, 0.29) is 5.91 Å². The Morgan fingerprint density at radius 2 is 1.79 bits per heavy atom. The second-order valence-corrected chi connectivity index (χ2v) is 7.06. The smallest absolute Gasteiger partial charge is 0.253 e. The zero-order valence-corrected chi connectivity index (χ0v) is 18.1. The highest BCUT2D eigenvalue weighted by molar-refractivity contribution is 5.94. The molecule has 0 heterocycles. The summed E-state index contributed by atoms with van der Waals surface area (Å²) in [5, 5.41) is 3.40. The van der Waals surface area contributed by atoms with E-state index in [1.54, 1.807) is 26.0 Å². The topological polar surface area (TPSA) is 57.2 Å². The summed E-state index contributed by atoms with van der Waals surface area (Å²) in [5.74, 6) is 1.74. The first-order valence-electron chi connectivity index (χ1n) is 9.88. The number of hydrogen-bond donors (Lipinski definition) is 1. The Bertz CT molecular complexity index is 816. The number of amides is 1. The maximum atomic E-state index is 12.1. The molecular formula is C23H32N4O2. The first-order chi connectivity index (χ1) is 13.9. The summed E-state index contributed by atoms with van der Waals surface area (Å²) in [6.07, 6.45) is 0.810. The minimum atomic E-state index is 0.0192. The van der Waals surface area contributed by atoms with Crippen LogP contribution in [0, 0.1) is 0 Å². The van der Waals surface area contributed by atoms with Crippen molar-refractivity contribution in [2.75, 3.05) is 41.3 Å². The Morgan fingerprint density at radius 3 is 2.41 bits per heavy atom. The molecule has 0 unspecified atom stereocenters. The summed E-state index contributed by atoms with van der Waals surface area (Å²) >= 11 is 0. The number of carbonyl (C=O) groups is 1. The molecule has 0 fully saturated rings. The van der Waals surface area contributed by atoms with Crippen LogP contribution in [0.15, 0.2) is 53.5 Å². The average molecular weight is 397 g/mol. The summed E-state index contributed by atoms with van der Waals surface area (Å²) in [6, 6.07) is 15.9. The molecule has 156 valence electrons. The third-order valence-corrected chi connectivity index (χ3v) is 4.50. The van der Waals surface area contributed by atoms with Crippen LogP contribution in [-0.2, 0) is 13.0 Å². The van der Waals surface area contributed by atoms with E-state index < -0.39 is 0 Å². The lowest BCUT2D eigenvalue weighted by Gasteiger charge is -2.22. The molecule has 0 atom stereocenters. The van der Waals surface area contributed by atoms with Crippen LogP contribution in [0.4, 0.5) is 0 Å². The van der Waals surface area contributed by atoms with Crippen molar-refractivity contribution in [3.63, 3.8) is 0 Å². The lowest BCUT2D eigenvalue weighted by Crippen LogP contribution is -2.39. The van der Waals surface area contributed by atoms with Gasteiger partial charge in [-0.15, -0.1) is 0 Å². The van der Waals surface area contributed by atoms with Crippen molar-refractivity contribution in [1.82, 2.24) is 15.1 Å². The molecule has 0 saturated heterocycles. The summed E-state index contributed by atoms with van der Waals surface area (Å²) < 4.78 is 5.49. The average Bonchev–Trinajstić information content (AvgIpc) is 2.72. The van der Waals surface area contributed by atoms with Crippen LogP contribution in [0.2, 0.25) is 0 Å². The fourth-order valence-electron chi connectivity index (χ4n) is 3.03. The van der Waals surface area contributed by atoms with Gasteiger partial charge in [0.2, 0.25) is 0 Å². The van der Waals surface area contributed by atoms with Crippen LogP contribution in [0.1, 0.15) is 28.4 Å². The molecule has 1 N–H and O–H groups in total. The second-order valence-electron chi connectivity index (χ2n) is 7.06. The minimum Gasteiger partial charge on any atom is -0.494 e. The maximum Gasteiger partial charge on any atom is 0.253 e. The van der Waals surface area contributed by atoms with Crippen LogP contribution in [0.3, 0.4) is 0 Å². The number of nitrogens with zero attached hydrogens (tertiary/aromatic N) is 3. The van der Waals surface area contributed by atoms with Gasteiger partial charge in [0.05, 0.1) is 6.61 Å². The van der Waals surface area contributed by atoms with Crippen LogP contribution in [0.25, 0.3) is 0 Å². The lowest BCUT2D eigenvalue weighted by atomic mass is 10.1. The fraction of sp³-hybridized carbons (Fsp3) is 0.391. The molecule has 6 heteroatoms. The molecule has 0 radical (unpaired) electrons. The Balaban J connectivity index is 1.88. The summed E-state index contributed by atoms with van der Waals surface area (Å²) in [7, 11) is 7.33. The Labute approximate surface area is 174 Å². The molecule has 2 aromatic rings. The third-order valence-electron chi connectivity index (χ3n) is 4.50. The molecule has 29 heavy (non-hydrogen) atoms. The molecule has 0 aliphatic rings. The first kappa shape index (κ1) is 22.3. The molecule has 0 bridgehead atoms. The summed E-state index contributed by atoms with van der Waals surface area (Å²) in [4.78, 5) is 20.2. The molecule has 2 rings (SSSR count). The van der Waals surface area contributed by atoms with Crippen LogP contribution in [0.5, 0.6) is 5.75 Å². The van der Waals surface area contributed by atoms with Crippen LogP contribution >= 0.6 is 0 Å². The Morgan fingerprint density at radius 1 is 1.07 bits per heavy atom. The lowest BCUT2D eigenvalue weighted by molar-refractivity contribution is 0.0827. The molecule has 2 aromatic carbocycles. The molecule has 0 aromatic heterocycles. The molecule has 1 amide bonds. The van der Waals surface area contributed by atoms with Gasteiger partial charge in [0.1, 0.15) is 5.75 Å². The SMILES string of the molecule is CCOc1ccc(CN(C)C(=NC)NCCc2cccc(C(=O)N(C)C)c2)cc1. The maximum absolute atomic E-state index is 12.1. The van der Waals surface area contributed by atoms with Gasteiger partial charge in [0, 0.05) is 46.8 Å². The van der Waals surface area contributed by atoms with E-state index in [1.807, 2.05) is 50.4 Å². The van der Waals surface area contributed by atoms with Gasteiger partial charge in [-0.2, -0.15) is 0 Å². The van der Waals surface area contributed by atoms with Crippen molar-refractivity contribution in [3.8, 4) is 5.75 Å². The van der Waals surface area contributed by atoms with Crippen molar-refractivity contribution >= 4 is 11.9 Å². The Kier molecular flexibility index (Phi) is 8.52. The van der Waals surface area contributed by atoms with Gasteiger partial charge in [0.25, 0.3) is 5.91 Å². The van der Waals surface area contributed by atoms with Gasteiger partial charge in [-0.3, -0.25) is 9.79 Å². The highest BCUT2D eigenvalue weighted by atomic mass is 16.5. The highest BCUT2D eigenvalue weighted by Crippen LogP contribution is 2.13. The summed E-state index contributed by atoms with van der Waals surface area (Å²) in [6.45, 7) is 4.13. The molecule has 0 aliphatic carbocycles. The van der Waals surface area contributed by atoms with E-state index >= 15 is 0 Å². The normalized spacial score (nSPS) is 11.1. The van der Waals surface area contributed by atoms with E-state index in [2.05, 4.69) is 27.3 Å². The third kappa shape index (κ3) is 6.82. The molecule has 0 aliphatic heterocycles. The van der Waals surface area contributed by atoms with Gasteiger partial charge in [-0.1, -0.05) is 24.3 Å². The second kappa shape index (κ2) is 11.1. The minimum absolute atomic E-state index is 0.0192. The number of rotatable bonds is 8. The number of carbonyl (C=O) groups excluding carboxylic acids is 1. The predicted molar refractivity (Wildman–Crippen MR) is 119 cm³/mol. The zero-order chi connectivity index (χ0) is 21.2. The molecular weight excluding hydrogens is 364 g/mol. The van der Waals surface area contributed by atoms with Crippen LogP contribution in [-0.4, -0.2) is 63.0 Å². The van der Waals surface area contributed by atoms with Gasteiger partial charge >= 0.3 is 0 Å². The standard InChI is InChI=1S/C23H32N4O2/c1-6-29-21-12-10-19(11-13-21)17-27(5)23(24-2)25-15-14-18-8-7-9-20(16-18)22(28)26(3)4/h7-13,16H,6,14-15,17H2,1-5H3,(H,24,25). The van der Waals surface area contributed by atoms with Gasteiger partial charge in [0.15, 0.2) is 5.96 Å². The Hall–Kier alpha value is -3.02. The first-order valence-corrected chi connectivity index (χ1v) is 9.88. The zero-order valence-electron chi connectivity index (χ0n) is 18.1. The van der Waals surface area contributed by atoms with E-state index in [4.69, 9.17) is 4.74 Å². The number of hydrogen-bond acceptors (Lipinski definition) is 3. The van der Waals surface area contributed by atoms with Crippen LogP contribution < -0.4 is 10.1 Å². The number of nitrogens with one attached hydrogen (secondary N) is 1. The quantitative estimate of drug-likeness (QED) is 0.550. The summed E-state index contributed by atoms with van der Waals surface area (Å²) in [5.41, 5.74) is 3.02. The van der Waals surface area contributed by atoms with E-state index in [0.717, 1.165) is 36.8 Å². The number of aliphatic imine (C=N–C) groups is 1. The monoisotopic (exact) mass is 396 g/mol. The van der Waals surface area contributed by atoms with Crippen molar-refractivity contribution < 1.29 is 9.53 Å². The van der Waals surface area contributed by atoms with E-state index in [0.29, 0.717) is 12.2 Å². The van der Waals surface area contributed by atoms with E-state index in [1.165, 1.54) is 5.56 Å². The number of ether oxygens (including phenoxy) is 1. The molecule has 0 saturated carbocycles. The predicted octanol–water partition coefficient (Wildman–Crippen LogP) is 3.04. The van der Waals surface area contributed by atoms with Crippen molar-refractivity contribution in [1.29, 1.82) is 0 Å².